The van der Waals surface area contributed by atoms with Gasteiger partial charge in [0.05, 0.1) is 17.9 Å². The van der Waals surface area contributed by atoms with Crippen molar-refractivity contribution < 1.29 is 9.59 Å². The molecular formula is C15H19N5O2. The third kappa shape index (κ3) is 4.42. The highest BCUT2D eigenvalue weighted by atomic mass is 16.2. The lowest BCUT2D eigenvalue weighted by Gasteiger charge is -2.11. The molecule has 116 valence electrons. The lowest BCUT2D eigenvalue weighted by molar-refractivity contribution is -0.121. The molecule has 1 aromatic carbocycles. The number of nitrogens with one attached hydrogen (secondary N) is 2. The van der Waals surface area contributed by atoms with Gasteiger partial charge in [-0.1, -0.05) is 30.3 Å². The number of rotatable bonds is 6. The maximum absolute atomic E-state index is 12.1. The molecule has 2 rings (SSSR count). The number of benzene rings is 1. The van der Waals surface area contributed by atoms with Crippen molar-refractivity contribution in [3.05, 3.63) is 48.3 Å². The van der Waals surface area contributed by atoms with Gasteiger partial charge in [-0.15, -0.1) is 0 Å². The van der Waals surface area contributed by atoms with Crippen LogP contribution in [-0.2, 0) is 22.6 Å². The molecule has 4 N–H and O–H groups in total. The average Bonchev–Trinajstić information content (AvgIpc) is 2.95. The van der Waals surface area contributed by atoms with Crippen LogP contribution in [0.25, 0.3) is 0 Å². The smallest absolute Gasteiger partial charge is 0.241 e. The van der Waals surface area contributed by atoms with E-state index in [0.29, 0.717) is 12.1 Å². The zero-order valence-electron chi connectivity index (χ0n) is 12.3. The molecule has 2 aromatic rings. The molecule has 2 amide bonds. The van der Waals surface area contributed by atoms with Crippen molar-refractivity contribution in [3.63, 3.8) is 0 Å². The van der Waals surface area contributed by atoms with E-state index in [2.05, 4.69) is 15.7 Å². The van der Waals surface area contributed by atoms with Crippen molar-refractivity contribution in [2.45, 2.75) is 19.0 Å². The summed E-state index contributed by atoms with van der Waals surface area (Å²) in [6.45, 7) is 0.0996. The summed E-state index contributed by atoms with van der Waals surface area (Å²) in [7, 11) is 1.55. The van der Waals surface area contributed by atoms with Crippen LogP contribution >= 0.6 is 0 Å². The molecule has 0 aliphatic heterocycles. The number of carbonyl (C=O) groups excluding carboxylic acids is 2. The zero-order valence-corrected chi connectivity index (χ0v) is 12.3. The van der Waals surface area contributed by atoms with Gasteiger partial charge >= 0.3 is 0 Å². The van der Waals surface area contributed by atoms with Gasteiger partial charge in [0.1, 0.15) is 6.54 Å². The monoisotopic (exact) mass is 301 g/mol. The molecule has 1 heterocycles. The molecule has 1 aromatic heterocycles. The number of nitrogens with zero attached hydrogens (tertiary/aromatic N) is 2. The van der Waals surface area contributed by atoms with Crippen LogP contribution in [0, 0.1) is 0 Å². The molecule has 0 radical (unpaired) electrons. The fourth-order valence-electron chi connectivity index (χ4n) is 1.94. The highest BCUT2D eigenvalue weighted by Gasteiger charge is 2.15. The second-order valence-electron chi connectivity index (χ2n) is 4.89. The fraction of sp³-hybridized carbons (Fsp3) is 0.267. The number of amides is 2. The summed E-state index contributed by atoms with van der Waals surface area (Å²) in [5.74, 6) is -0.454. The molecule has 0 aliphatic carbocycles. The highest BCUT2D eigenvalue weighted by Crippen LogP contribution is 2.07. The minimum absolute atomic E-state index is 0.0996. The van der Waals surface area contributed by atoms with Crippen molar-refractivity contribution in [1.82, 2.24) is 15.1 Å². The average molecular weight is 301 g/mol. The second-order valence-corrected chi connectivity index (χ2v) is 4.89. The molecule has 22 heavy (non-hydrogen) atoms. The van der Waals surface area contributed by atoms with Crippen LogP contribution in [0.4, 0.5) is 5.69 Å². The van der Waals surface area contributed by atoms with Crippen LogP contribution in [0.2, 0.25) is 0 Å². The number of hydrogen-bond acceptors (Lipinski definition) is 4. The predicted molar refractivity (Wildman–Crippen MR) is 83.0 cm³/mol. The molecule has 0 saturated carbocycles. The second kappa shape index (κ2) is 7.37. The first kappa shape index (κ1) is 15.7. The van der Waals surface area contributed by atoms with Crippen molar-refractivity contribution >= 4 is 17.5 Å². The third-order valence-corrected chi connectivity index (χ3v) is 3.12. The van der Waals surface area contributed by atoms with Crippen LogP contribution < -0.4 is 16.4 Å². The van der Waals surface area contributed by atoms with Crippen LogP contribution in [0.3, 0.4) is 0 Å². The Labute approximate surface area is 128 Å². The Bertz CT molecular complexity index is 638. The molecule has 1 atom stereocenters. The molecule has 0 saturated heterocycles. The van der Waals surface area contributed by atoms with Crippen molar-refractivity contribution in [1.29, 1.82) is 0 Å². The van der Waals surface area contributed by atoms with E-state index in [9.17, 15) is 9.59 Å². The Morgan fingerprint density at radius 3 is 2.73 bits per heavy atom. The zero-order chi connectivity index (χ0) is 15.9. The maximum atomic E-state index is 12.1. The van der Waals surface area contributed by atoms with Gasteiger partial charge in [0.25, 0.3) is 0 Å². The number of carbonyl (C=O) groups is 2. The van der Waals surface area contributed by atoms with Gasteiger partial charge in [-0.25, -0.2) is 0 Å². The number of nitrogens with two attached hydrogens (primary N) is 1. The summed E-state index contributed by atoms with van der Waals surface area (Å²) in [5.41, 5.74) is 7.41. The van der Waals surface area contributed by atoms with Gasteiger partial charge in [-0.05, 0) is 12.0 Å². The number of aromatic nitrogens is 2. The van der Waals surface area contributed by atoms with E-state index in [-0.39, 0.29) is 18.4 Å². The Morgan fingerprint density at radius 2 is 2.05 bits per heavy atom. The van der Waals surface area contributed by atoms with Crippen molar-refractivity contribution in [2.24, 2.45) is 5.73 Å². The standard InChI is InChI=1S/C15H19N5O2/c1-17-14(21)10-20-9-12(8-18-20)19-15(22)13(16)7-11-5-3-2-4-6-11/h2-6,8-9,13H,7,10,16H2,1H3,(H,17,21)(H,19,22). The molecule has 0 spiro atoms. The first-order valence-corrected chi connectivity index (χ1v) is 6.92. The van der Waals surface area contributed by atoms with E-state index in [4.69, 9.17) is 5.73 Å². The van der Waals surface area contributed by atoms with Gasteiger partial charge in [-0.2, -0.15) is 5.10 Å². The van der Waals surface area contributed by atoms with Gasteiger partial charge < -0.3 is 16.4 Å². The van der Waals surface area contributed by atoms with E-state index < -0.39 is 6.04 Å². The topological polar surface area (TPSA) is 102 Å². The minimum Gasteiger partial charge on any atom is -0.358 e. The molecule has 0 bridgehead atoms. The fourth-order valence-corrected chi connectivity index (χ4v) is 1.94. The summed E-state index contributed by atoms with van der Waals surface area (Å²) in [6, 6.07) is 8.93. The Morgan fingerprint density at radius 1 is 1.32 bits per heavy atom. The van der Waals surface area contributed by atoms with Crippen LogP contribution in [-0.4, -0.2) is 34.7 Å². The Hall–Kier alpha value is -2.67. The third-order valence-electron chi connectivity index (χ3n) is 3.12. The first-order chi connectivity index (χ1) is 10.6. The number of likely N-dealkylation sites (N-methyl/N-ethyl adjacent to an activating group) is 1. The normalized spacial score (nSPS) is 11.7. The first-order valence-electron chi connectivity index (χ1n) is 6.92. The van der Waals surface area contributed by atoms with Crippen LogP contribution in [0.15, 0.2) is 42.7 Å². The van der Waals surface area contributed by atoms with Crippen molar-refractivity contribution in [3.8, 4) is 0 Å². The summed E-state index contributed by atoms with van der Waals surface area (Å²) in [6.07, 6.45) is 3.53. The number of hydrogen-bond donors (Lipinski definition) is 3. The van der Waals surface area contributed by atoms with Gasteiger partial charge in [0.15, 0.2) is 0 Å². The summed E-state index contributed by atoms with van der Waals surface area (Å²) in [4.78, 5) is 23.3. The maximum Gasteiger partial charge on any atom is 0.241 e. The molecule has 7 nitrogen and oxygen atoms in total. The van der Waals surface area contributed by atoms with E-state index in [1.165, 1.54) is 10.9 Å². The van der Waals surface area contributed by atoms with Crippen LogP contribution in [0.1, 0.15) is 5.56 Å². The summed E-state index contributed by atoms with van der Waals surface area (Å²) in [5, 5.41) is 9.20. The van der Waals surface area contributed by atoms with Gasteiger partial charge in [0.2, 0.25) is 11.8 Å². The molecule has 1 unspecified atom stereocenters. The minimum atomic E-state index is -0.648. The van der Waals surface area contributed by atoms with E-state index >= 15 is 0 Å². The quantitative estimate of drug-likeness (QED) is 0.706. The van der Waals surface area contributed by atoms with Gasteiger partial charge in [-0.3, -0.25) is 14.3 Å². The lowest BCUT2D eigenvalue weighted by atomic mass is 10.1. The summed E-state index contributed by atoms with van der Waals surface area (Å²) >= 11 is 0. The van der Waals surface area contributed by atoms with Gasteiger partial charge in [0, 0.05) is 13.2 Å². The number of anilines is 1. The molecule has 0 fully saturated rings. The largest absolute Gasteiger partial charge is 0.358 e. The van der Waals surface area contributed by atoms with E-state index in [0.717, 1.165) is 5.56 Å². The highest BCUT2D eigenvalue weighted by molar-refractivity contribution is 5.94. The Kier molecular flexibility index (Phi) is 5.26. The van der Waals surface area contributed by atoms with E-state index in [1.807, 2.05) is 30.3 Å². The molecule has 7 heteroatoms. The molecule has 0 aliphatic rings. The lowest BCUT2D eigenvalue weighted by Crippen LogP contribution is -2.37. The van der Waals surface area contributed by atoms with Crippen molar-refractivity contribution in [2.75, 3.05) is 12.4 Å². The van der Waals surface area contributed by atoms with Crippen LogP contribution in [0.5, 0.6) is 0 Å². The Balaban J connectivity index is 1.90. The predicted octanol–water partition coefficient (Wildman–Crippen LogP) is 0.138. The summed E-state index contributed by atoms with van der Waals surface area (Å²) < 4.78 is 1.44. The molecular weight excluding hydrogens is 282 g/mol. The SMILES string of the molecule is CNC(=O)Cn1cc(NC(=O)C(N)Cc2ccccc2)cn1. The van der Waals surface area contributed by atoms with E-state index in [1.54, 1.807) is 13.2 Å².